The summed E-state index contributed by atoms with van der Waals surface area (Å²) in [6.45, 7) is 3.48. The molecule has 0 aliphatic rings. The molecule has 0 aromatic heterocycles. The van der Waals surface area contributed by atoms with E-state index in [4.69, 9.17) is 0 Å². The second-order valence-electron chi connectivity index (χ2n) is 4.07. The summed E-state index contributed by atoms with van der Waals surface area (Å²) < 4.78 is 0. The molecular weight excluding hydrogens is 200 g/mol. The minimum absolute atomic E-state index is 0.387. The van der Waals surface area contributed by atoms with E-state index in [9.17, 15) is 10.2 Å². The summed E-state index contributed by atoms with van der Waals surface area (Å²) in [4.78, 5) is 0. The van der Waals surface area contributed by atoms with Gasteiger partial charge in [-0.3, -0.25) is 0 Å². The Bertz CT molecular complexity index is 295. The molecule has 0 heterocycles. The third-order valence-electron chi connectivity index (χ3n) is 2.63. The topological polar surface area (TPSA) is 40.5 Å². The van der Waals surface area contributed by atoms with Gasteiger partial charge in [0.25, 0.3) is 0 Å². The van der Waals surface area contributed by atoms with Gasteiger partial charge in [-0.1, -0.05) is 36.4 Å². The fourth-order valence-corrected chi connectivity index (χ4v) is 1.68. The first-order valence-corrected chi connectivity index (χ1v) is 5.75. The van der Waals surface area contributed by atoms with Crippen molar-refractivity contribution in [1.82, 2.24) is 0 Å². The van der Waals surface area contributed by atoms with Crippen molar-refractivity contribution in [3.63, 3.8) is 0 Å². The Labute approximate surface area is 97.2 Å². The predicted octanol–water partition coefficient (Wildman–Crippen LogP) is 2.31. The summed E-state index contributed by atoms with van der Waals surface area (Å²) in [6, 6.07) is 10.2. The summed E-state index contributed by atoms with van der Waals surface area (Å²) in [5, 5.41) is 18.9. The van der Waals surface area contributed by atoms with Crippen molar-refractivity contribution in [2.45, 2.75) is 37.9 Å². The molecule has 0 spiro atoms. The Morgan fingerprint density at radius 3 is 2.50 bits per heavy atom. The van der Waals surface area contributed by atoms with E-state index >= 15 is 0 Å². The lowest BCUT2D eigenvalue weighted by molar-refractivity contribution is 0.0965. The SMILES string of the molecule is C=C[C@H](O)C[C@H](O)CCCc1ccccc1. The van der Waals surface area contributed by atoms with Crippen molar-refractivity contribution >= 4 is 0 Å². The Kier molecular flexibility index (Phi) is 5.83. The van der Waals surface area contributed by atoms with E-state index < -0.39 is 12.2 Å². The lowest BCUT2D eigenvalue weighted by atomic mass is 10.0. The highest BCUT2D eigenvalue weighted by Gasteiger charge is 2.08. The van der Waals surface area contributed by atoms with E-state index in [0.29, 0.717) is 6.42 Å². The van der Waals surface area contributed by atoms with E-state index in [0.717, 1.165) is 19.3 Å². The zero-order valence-electron chi connectivity index (χ0n) is 9.55. The minimum atomic E-state index is -0.591. The van der Waals surface area contributed by atoms with Crippen LogP contribution in [-0.2, 0) is 6.42 Å². The van der Waals surface area contributed by atoms with Gasteiger partial charge >= 0.3 is 0 Å². The first-order valence-electron chi connectivity index (χ1n) is 5.75. The standard InChI is InChI=1S/C14H20O2/c1-2-13(15)11-14(16)10-6-9-12-7-4-3-5-8-12/h2-5,7-8,13-16H,1,6,9-11H2/t13-,14+/m0/s1. The van der Waals surface area contributed by atoms with Crippen LogP contribution in [0.2, 0.25) is 0 Å². The van der Waals surface area contributed by atoms with E-state index in [1.165, 1.54) is 11.6 Å². The van der Waals surface area contributed by atoms with Gasteiger partial charge in [-0.2, -0.15) is 0 Å². The summed E-state index contributed by atoms with van der Waals surface area (Å²) in [5.74, 6) is 0. The molecular formula is C14H20O2. The Hall–Kier alpha value is -1.12. The van der Waals surface area contributed by atoms with Gasteiger partial charge < -0.3 is 10.2 Å². The summed E-state index contributed by atoms with van der Waals surface area (Å²) in [6.07, 6.45) is 3.46. The van der Waals surface area contributed by atoms with Gasteiger partial charge in [-0.05, 0) is 24.8 Å². The van der Waals surface area contributed by atoms with Gasteiger partial charge in [0.1, 0.15) is 0 Å². The summed E-state index contributed by atoms with van der Waals surface area (Å²) in [5.41, 5.74) is 1.29. The lowest BCUT2D eigenvalue weighted by Crippen LogP contribution is -2.15. The third-order valence-corrected chi connectivity index (χ3v) is 2.63. The van der Waals surface area contributed by atoms with Crippen LogP contribution in [0.25, 0.3) is 0 Å². The molecule has 0 amide bonds. The fraction of sp³-hybridized carbons (Fsp3) is 0.429. The maximum absolute atomic E-state index is 9.62. The van der Waals surface area contributed by atoms with Crippen LogP contribution in [-0.4, -0.2) is 22.4 Å². The summed E-state index contributed by atoms with van der Waals surface area (Å²) in [7, 11) is 0. The molecule has 0 saturated heterocycles. The largest absolute Gasteiger partial charge is 0.393 e. The molecule has 0 unspecified atom stereocenters. The molecule has 2 N–H and O–H groups in total. The van der Waals surface area contributed by atoms with Gasteiger partial charge in [-0.25, -0.2) is 0 Å². The van der Waals surface area contributed by atoms with Gasteiger partial charge in [0.2, 0.25) is 0 Å². The van der Waals surface area contributed by atoms with Crippen molar-refractivity contribution in [2.24, 2.45) is 0 Å². The maximum atomic E-state index is 9.62. The Morgan fingerprint density at radius 2 is 1.88 bits per heavy atom. The number of hydrogen-bond donors (Lipinski definition) is 2. The zero-order chi connectivity index (χ0) is 11.8. The summed E-state index contributed by atoms with van der Waals surface area (Å²) >= 11 is 0. The Balaban J connectivity index is 2.18. The maximum Gasteiger partial charge on any atom is 0.0742 e. The molecule has 0 aliphatic carbocycles. The molecule has 16 heavy (non-hydrogen) atoms. The molecule has 1 rings (SSSR count). The van der Waals surface area contributed by atoms with Crippen LogP contribution in [0, 0.1) is 0 Å². The first-order chi connectivity index (χ1) is 7.72. The molecule has 2 heteroatoms. The molecule has 2 atom stereocenters. The second kappa shape index (κ2) is 7.20. The predicted molar refractivity (Wildman–Crippen MR) is 66.2 cm³/mol. The quantitative estimate of drug-likeness (QED) is 0.692. The van der Waals surface area contributed by atoms with E-state index in [1.54, 1.807) is 0 Å². The average Bonchev–Trinajstić information content (AvgIpc) is 2.30. The lowest BCUT2D eigenvalue weighted by Gasteiger charge is -2.12. The molecule has 0 aliphatic heterocycles. The number of benzene rings is 1. The smallest absolute Gasteiger partial charge is 0.0742 e. The van der Waals surface area contributed by atoms with Crippen LogP contribution in [0.3, 0.4) is 0 Å². The van der Waals surface area contributed by atoms with Gasteiger partial charge in [-0.15, -0.1) is 6.58 Å². The van der Waals surface area contributed by atoms with E-state index in [1.807, 2.05) is 18.2 Å². The van der Waals surface area contributed by atoms with Crippen molar-refractivity contribution < 1.29 is 10.2 Å². The Morgan fingerprint density at radius 1 is 1.19 bits per heavy atom. The fourth-order valence-electron chi connectivity index (χ4n) is 1.68. The van der Waals surface area contributed by atoms with Crippen molar-refractivity contribution in [3.8, 4) is 0 Å². The number of aryl methyl sites for hydroxylation is 1. The van der Waals surface area contributed by atoms with Gasteiger partial charge in [0, 0.05) is 6.42 Å². The highest BCUT2D eigenvalue weighted by molar-refractivity contribution is 5.14. The van der Waals surface area contributed by atoms with Crippen LogP contribution in [0.5, 0.6) is 0 Å². The van der Waals surface area contributed by atoms with Crippen LogP contribution >= 0.6 is 0 Å². The molecule has 0 radical (unpaired) electrons. The molecule has 88 valence electrons. The van der Waals surface area contributed by atoms with Crippen molar-refractivity contribution in [2.75, 3.05) is 0 Å². The molecule has 0 saturated carbocycles. The number of aliphatic hydroxyl groups excluding tert-OH is 2. The number of rotatable bonds is 7. The van der Waals surface area contributed by atoms with Gasteiger partial charge in [0.15, 0.2) is 0 Å². The minimum Gasteiger partial charge on any atom is -0.393 e. The zero-order valence-corrected chi connectivity index (χ0v) is 9.55. The number of aliphatic hydroxyl groups is 2. The normalized spacial score (nSPS) is 14.4. The van der Waals surface area contributed by atoms with Crippen LogP contribution in [0.15, 0.2) is 43.0 Å². The third kappa shape index (κ3) is 5.10. The van der Waals surface area contributed by atoms with E-state index in [-0.39, 0.29) is 0 Å². The molecule has 0 bridgehead atoms. The van der Waals surface area contributed by atoms with Crippen molar-refractivity contribution in [3.05, 3.63) is 48.6 Å². The highest BCUT2D eigenvalue weighted by atomic mass is 16.3. The van der Waals surface area contributed by atoms with Crippen LogP contribution in [0.1, 0.15) is 24.8 Å². The van der Waals surface area contributed by atoms with Crippen LogP contribution < -0.4 is 0 Å². The molecule has 1 aromatic rings. The number of hydrogen-bond acceptors (Lipinski definition) is 2. The van der Waals surface area contributed by atoms with Gasteiger partial charge in [0.05, 0.1) is 12.2 Å². The molecule has 1 aromatic carbocycles. The molecule has 2 nitrogen and oxygen atoms in total. The van der Waals surface area contributed by atoms with Crippen LogP contribution in [0.4, 0.5) is 0 Å². The monoisotopic (exact) mass is 220 g/mol. The second-order valence-corrected chi connectivity index (χ2v) is 4.07. The highest BCUT2D eigenvalue weighted by Crippen LogP contribution is 2.10. The molecule has 0 fully saturated rings. The first kappa shape index (κ1) is 12.9. The average molecular weight is 220 g/mol. The van der Waals surface area contributed by atoms with Crippen molar-refractivity contribution in [1.29, 1.82) is 0 Å². The van der Waals surface area contributed by atoms with E-state index in [2.05, 4.69) is 18.7 Å².